The maximum Gasteiger partial charge on any atom is 0.261 e. The molecule has 1 aliphatic heterocycles. The lowest BCUT2D eigenvalue weighted by Gasteiger charge is -2.24. The molecule has 0 aromatic carbocycles. The second kappa shape index (κ2) is 6.32. The van der Waals surface area contributed by atoms with E-state index >= 15 is 0 Å². The Balaban J connectivity index is 2.24. The highest BCUT2D eigenvalue weighted by molar-refractivity contribution is 7.19. The van der Waals surface area contributed by atoms with Gasteiger partial charge in [0.25, 0.3) is 5.91 Å². The van der Waals surface area contributed by atoms with E-state index in [0.29, 0.717) is 22.4 Å². The van der Waals surface area contributed by atoms with Gasteiger partial charge in [0.15, 0.2) is 5.75 Å². The van der Waals surface area contributed by atoms with Crippen molar-refractivity contribution in [3.8, 4) is 5.75 Å². The smallest absolute Gasteiger partial charge is 0.261 e. The molecular weight excluding hydrogens is 276 g/mol. The fraction of sp³-hybridized carbons (Fsp3) is 0.615. The molecule has 0 spiro atoms. The molecule has 0 saturated carbocycles. The van der Waals surface area contributed by atoms with Crippen LogP contribution in [0.15, 0.2) is 0 Å². The highest BCUT2D eigenvalue weighted by Crippen LogP contribution is 2.43. The number of thiophene rings is 1. The summed E-state index contributed by atoms with van der Waals surface area (Å²) >= 11 is 1.27. The van der Waals surface area contributed by atoms with Crippen molar-refractivity contribution in [1.29, 1.82) is 0 Å². The number of hydrogen-bond acceptors (Lipinski definition) is 6. The molecule has 1 aliphatic rings. The lowest BCUT2D eigenvalue weighted by Crippen LogP contribution is -2.35. The molecule has 6 nitrogen and oxygen atoms in total. The molecule has 0 radical (unpaired) electrons. The van der Waals surface area contributed by atoms with Gasteiger partial charge in [0.2, 0.25) is 0 Å². The van der Waals surface area contributed by atoms with Crippen molar-refractivity contribution in [2.24, 2.45) is 5.73 Å². The van der Waals surface area contributed by atoms with Gasteiger partial charge in [-0.3, -0.25) is 4.79 Å². The number of carbonyl (C=O) groups is 1. The number of anilines is 2. The first-order valence-corrected chi connectivity index (χ1v) is 7.66. The highest BCUT2D eigenvalue weighted by atomic mass is 32.1. The summed E-state index contributed by atoms with van der Waals surface area (Å²) in [5.41, 5.74) is 11.7. The van der Waals surface area contributed by atoms with Crippen molar-refractivity contribution in [1.82, 2.24) is 5.32 Å². The number of nitrogens with two attached hydrogens (primary N) is 2. The lowest BCUT2D eigenvalue weighted by molar-refractivity contribution is 0.100. The number of nitrogens with one attached hydrogen (secondary N) is 2. The van der Waals surface area contributed by atoms with E-state index in [4.69, 9.17) is 16.2 Å². The average molecular weight is 298 g/mol. The Morgan fingerprint density at radius 3 is 2.65 bits per heavy atom. The van der Waals surface area contributed by atoms with Crippen LogP contribution in [0, 0.1) is 0 Å². The summed E-state index contributed by atoms with van der Waals surface area (Å²) in [7, 11) is 0. The number of piperidine rings is 1. The van der Waals surface area contributed by atoms with Crippen molar-refractivity contribution in [2.75, 3.05) is 24.1 Å². The Kier molecular flexibility index (Phi) is 4.72. The molecule has 1 saturated heterocycles. The van der Waals surface area contributed by atoms with Crippen molar-refractivity contribution in [3.05, 3.63) is 4.88 Å². The van der Waals surface area contributed by atoms with Crippen LogP contribution >= 0.6 is 11.3 Å². The van der Waals surface area contributed by atoms with Gasteiger partial charge in [-0.05, 0) is 39.8 Å². The van der Waals surface area contributed by atoms with Crippen LogP contribution in [0.1, 0.15) is 36.4 Å². The van der Waals surface area contributed by atoms with Crippen LogP contribution in [0.2, 0.25) is 0 Å². The number of hydrogen-bond donors (Lipinski definition) is 4. The summed E-state index contributed by atoms with van der Waals surface area (Å²) in [4.78, 5) is 11.8. The maximum atomic E-state index is 11.4. The van der Waals surface area contributed by atoms with E-state index in [-0.39, 0.29) is 6.10 Å². The third-order valence-corrected chi connectivity index (χ3v) is 4.28. The summed E-state index contributed by atoms with van der Waals surface area (Å²) in [6.45, 7) is 5.83. The molecule has 2 heterocycles. The number of carbonyl (C=O) groups excluding carboxylic acids is 1. The fourth-order valence-corrected chi connectivity index (χ4v) is 3.19. The van der Waals surface area contributed by atoms with Crippen molar-refractivity contribution in [2.45, 2.75) is 38.8 Å². The van der Waals surface area contributed by atoms with Crippen LogP contribution in [0.4, 0.5) is 10.7 Å². The minimum absolute atomic E-state index is 0.0128. The third kappa shape index (κ3) is 3.34. The largest absolute Gasteiger partial charge is 0.486 e. The Morgan fingerprint density at radius 2 is 2.10 bits per heavy atom. The molecule has 2 rings (SSSR count). The molecule has 1 aromatic rings. The Hall–Kier alpha value is -1.47. The molecule has 20 heavy (non-hydrogen) atoms. The van der Waals surface area contributed by atoms with Gasteiger partial charge in [0, 0.05) is 6.04 Å². The zero-order chi connectivity index (χ0) is 14.7. The zero-order valence-electron chi connectivity index (χ0n) is 11.9. The second-order valence-corrected chi connectivity index (χ2v) is 6.22. The zero-order valence-corrected chi connectivity index (χ0v) is 12.7. The standard InChI is InChI=1S/C13H22N4O2S/c1-7(2)19-10-9(14)11(12(15)18)20-13(10)17-8-3-5-16-6-4-8/h7-8,16-17H,3-6,14H2,1-2H3,(H2,15,18). The van der Waals surface area contributed by atoms with Gasteiger partial charge in [-0.1, -0.05) is 0 Å². The molecule has 0 atom stereocenters. The number of ether oxygens (including phenoxy) is 1. The number of rotatable bonds is 5. The SMILES string of the molecule is CC(C)Oc1c(NC2CCNCC2)sc(C(N)=O)c1N. The Morgan fingerprint density at radius 1 is 1.45 bits per heavy atom. The normalized spacial score (nSPS) is 16.4. The van der Waals surface area contributed by atoms with Crippen molar-refractivity contribution >= 4 is 27.9 Å². The number of primary amides is 1. The van der Waals surface area contributed by atoms with Gasteiger partial charge < -0.3 is 26.8 Å². The molecule has 1 amide bonds. The lowest BCUT2D eigenvalue weighted by atomic mass is 10.1. The van der Waals surface area contributed by atoms with Crippen LogP contribution in [0.25, 0.3) is 0 Å². The molecular formula is C13H22N4O2S. The van der Waals surface area contributed by atoms with Crippen LogP contribution < -0.4 is 26.8 Å². The van der Waals surface area contributed by atoms with Crippen LogP contribution in [0.5, 0.6) is 5.75 Å². The molecule has 6 N–H and O–H groups in total. The van der Waals surface area contributed by atoms with Crippen LogP contribution in [-0.4, -0.2) is 31.1 Å². The number of nitrogen functional groups attached to an aromatic ring is 1. The molecule has 0 bridgehead atoms. The predicted molar refractivity (Wildman–Crippen MR) is 82.5 cm³/mol. The predicted octanol–water partition coefficient (Wildman–Crippen LogP) is 1.38. The van der Waals surface area contributed by atoms with E-state index in [1.807, 2.05) is 13.8 Å². The molecule has 112 valence electrons. The Bertz CT molecular complexity index is 481. The van der Waals surface area contributed by atoms with Gasteiger partial charge in [0.1, 0.15) is 15.6 Å². The fourth-order valence-electron chi connectivity index (χ4n) is 2.21. The topological polar surface area (TPSA) is 102 Å². The van der Waals surface area contributed by atoms with Gasteiger partial charge in [-0.25, -0.2) is 0 Å². The van der Waals surface area contributed by atoms with Gasteiger partial charge in [-0.2, -0.15) is 0 Å². The van der Waals surface area contributed by atoms with Gasteiger partial charge in [-0.15, -0.1) is 11.3 Å². The van der Waals surface area contributed by atoms with E-state index in [9.17, 15) is 4.79 Å². The van der Waals surface area contributed by atoms with E-state index in [1.54, 1.807) is 0 Å². The van der Waals surface area contributed by atoms with E-state index < -0.39 is 5.91 Å². The summed E-state index contributed by atoms with van der Waals surface area (Å²) in [6.07, 6.45) is 2.05. The Labute approximate surface area is 122 Å². The first kappa shape index (κ1) is 14.9. The maximum absolute atomic E-state index is 11.4. The van der Waals surface area contributed by atoms with Gasteiger partial charge >= 0.3 is 0 Å². The summed E-state index contributed by atoms with van der Waals surface area (Å²) in [5.74, 6) is 0.0387. The van der Waals surface area contributed by atoms with Crippen LogP contribution in [-0.2, 0) is 0 Å². The third-order valence-electron chi connectivity index (χ3n) is 3.15. The highest BCUT2D eigenvalue weighted by Gasteiger charge is 2.24. The minimum atomic E-state index is -0.514. The van der Waals surface area contributed by atoms with E-state index in [1.165, 1.54) is 11.3 Å². The second-order valence-electron chi connectivity index (χ2n) is 5.20. The van der Waals surface area contributed by atoms with Gasteiger partial charge in [0.05, 0.1) is 6.10 Å². The molecule has 1 fully saturated rings. The summed E-state index contributed by atoms with van der Waals surface area (Å²) < 4.78 is 5.75. The molecule has 0 aliphatic carbocycles. The molecule has 7 heteroatoms. The van der Waals surface area contributed by atoms with Crippen molar-refractivity contribution in [3.63, 3.8) is 0 Å². The average Bonchev–Trinajstić information content (AvgIpc) is 2.68. The molecule has 0 unspecified atom stereocenters. The summed E-state index contributed by atoms with van der Waals surface area (Å²) in [5, 5.41) is 7.55. The van der Waals surface area contributed by atoms with E-state index in [2.05, 4.69) is 10.6 Å². The quantitative estimate of drug-likeness (QED) is 0.658. The summed E-state index contributed by atoms with van der Waals surface area (Å²) in [6, 6.07) is 0.365. The minimum Gasteiger partial charge on any atom is -0.486 e. The van der Waals surface area contributed by atoms with Crippen LogP contribution in [0.3, 0.4) is 0 Å². The number of amides is 1. The van der Waals surface area contributed by atoms with E-state index in [0.717, 1.165) is 30.9 Å². The monoisotopic (exact) mass is 298 g/mol. The first-order chi connectivity index (χ1) is 9.49. The first-order valence-electron chi connectivity index (χ1n) is 6.85. The molecule has 1 aromatic heterocycles. The van der Waals surface area contributed by atoms with Crippen molar-refractivity contribution < 1.29 is 9.53 Å².